The SMILES string of the molecule is Cc1cccc(Nc2ccc(Cl)cc2[N+](=O)[O-])c1-c1ccc(F)cc1Cl. The number of benzene rings is 3. The predicted octanol–water partition coefficient (Wildman–Crippen LogP) is 6.76. The highest BCUT2D eigenvalue weighted by molar-refractivity contribution is 6.33. The van der Waals surface area contributed by atoms with Crippen molar-refractivity contribution in [2.45, 2.75) is 6.92 Å². The Morgan fingerprint density at radius 2 is 1.81 bits per heavy atom. The molecule has 0 fully saturated rings. The fraction of sp³-hybridized carbons (Fsp3) is 0.0526. The van der Waals surface area contributed by atoms with E-state index in [2.05, 4.69) is 5.32 Å². The Balaban J connectivity index is 2.14. The number of hydrogen-bond acceptors (Lipinski definition) is 3. The van der Waals surface area contributed by atoms with Gasteiger partial charge in [0.25, 0.3) is 5.69 Å². The maximum absolute atomic E-state index is 13.4. The molecule has 0 saturated carbocycles. The van der Waals surface area contributed by atoms with E-state index in [1.165, 1.54) is 18.2 Å². The maximum Gasteiger partial charge on any atom is 0.294 e. The highest BCUT2D eigenvalue weighted by Crippen LogP contribution is 2.39. The smallest absolute Gasteiger partial charge is 0.294 e. The Bertz CT molecular complexity index is 1010. The van der Waals surface area contributed by atoms with Crippen LogP contribution in [0.3, 0.4) is 0 Å². The summed E-state index contributed by atoms with van der Waals surface area (Å²) in [5.74, 6) is -0.435. The van der Waals surface area contributed by atoms with Gasteiger partial charge in [-0.15, -0.1) is 0 Å². The van der Waals surface area contributed by atoms with Gasteiger partial charge in [0.15, 0.2) is 0 Å². The van der Waals surface area contributed by atoms with Crippen LogP contribution in [-0.2, 0) is 0 Å². The van der Waals surface area contributed by atoms with Crippen LogP contribution in [-0.4, -0.2) is 4.92 Å². The summed E-state index contributed by atoms with van der Waals surface area (Å²) in [6, 6.07) is 14.0. The fourth-order valence-corrected chi connectivity index (χ4v) is 3.16. The minimum atomic E-state index is -0.505. The van der Waals surface area contributed by atoms with Crippen LogP contribution in [0.5, 0.6) is 0 Å². The molecule has 0 aliphatic heterocycles. The van der Waals surface area contributed by atoms with Crippen molar-refractivity contribution in [1.29, 1.82) is 0 Å². The second-order valence-corrected chi connectivity index (χ2v) is 6.51. The zero-order valence-corrected chi connectivity index (χ0v) is 15.1. The molecular weight excluding hydrogens is 378 g/mol. The van der Waals surface area contributed by atoms with Crippen molar-refractivity contribution in [3.8, 4) is 11.1 Å². The first-order valence-corrected chi connectivity index (χ1v) is 8.38. The molecule has 3 aromatic rings. The molecule has 0 atom stereocenters. The maximum atomic E-state index is 13.4. The van der Waals surface area contributed by atoms with Gasteiger partial charge in [0.05, 0.1) is 9.95 Å². The molecule has 0 saturated heterocycles. The van der Waals surface area contributed by atoms with Gasteiger partial charge in [-0.1, -0.05) is 35.3 Å². The second-order valence-electron chi connectivity index (χ2n) is 5.67. The molecule has 0 radical (unpaired) electrons. The van der Waals surface area contributed by atoms with Gasteiger partial charge in [-0.25, -0.2) is 4.39 Å². The van der Waals surface area contributed by atoms with E-state index < -0.39 is 10.7 Å². The van der Waals surface area contributed by atoms with Crippen LogP contribution in [0.25, 0.3) is 11.1 Å². The summed E-state index contributed by atoms with van der Waals surface area (Å²) in [6.45, 7) is 1.89. The molecule has 26 heavy (non-hydrogen) atoms. The number of aryl methyl sites for hydroxylation is 1. The van der Waals surface area contributed by atoms with Gasteiger partial charge in [-0.2, -0.15) is 0 Å². The van der Waals surface area contributed by atoms with E-state index in [1.807, 2.05) is 19.1 Å². The Hall–Kier alpha value is -2.63. The molecule has 0 spiro atoms. The monoisotopic (exact) mass is 390 g/mol. The molecule has 0 amide bonds. The summed E-state index contributed by atoms with van der Waals surface area (Å²) in [5.41, 5.74) is 3.02. The molecule has 132 valence electrons. The van der Waals surface area contributed by atoms with E-state index in [9.17, 15) is 14.5 Å². The lowest BCUT2D eigenvalue weighted by Gasteiger charge is -2.16. The van der Waals surface area contributed by atoms with E-state index in [1.54, 1.807) is 24.3 Å². The highest BCUT2D eigenvalue weighted by Gasteiger charge is 2.18. The van der Waals surface area contributed by atoms with Crippen molar-refractivity contribution in [2.24, 2.45) is 0 Å². The number of nitro benzene ring substituents is 1. The Morgan fingerprint density at radius 3 is 2.50 bits per heavy atom. The van der Waals surface area contributed by atoms with Crippen molar-refractivity contribution in [1.82, 2.24) is 0 Å². The van der Waals surface area contributed by atoms with Crippen molar-refractivity contribution < 1.29 is 9.31 Å². The standard InChI is InChI=1S/C19H13Cl2FN2O2/c1-11-3-2-4-17(19(11)14-7-6-13(22)10-15(14)21)23-16-8-5-12(20)9-18(16)24(25)26/h2-10,23H,1H3. The molecule has 4 nitrogen and oxygen atoms in total. The van der Waals surface area contributed by atoms with Crippen molar-refractivity contribution >= 4 is 40.3 Å². The van der Waals surface area contributed by atoms with Crippen molar-refractivity contribution in [2.75, 3.05) is 5.32 Å². The molecule has 0 aromatic heterocycles. The number of nitro groups is 1. The summed E-state index contributed by atoms with van der Waals surface area (Å²) in [7, 11) is 0. The van der Waals surface area contributed by atoms with E-state index in [0.29, 0.717) is 16.9 Å². The first-order valence-electron chi connectivity index (χ1n) is 7.63. The van der Waals surface area contributed by atoms with Gasteiger partial charge in [0.2, 0.25) is 0 Å². The van der Waals surface area contributed by atoms with Crippen LogP contribution < -0.4 is 5.32 Å². The van der Waals surface area contributed by atoms with E-state index in [-0.39, 0.29) is 15.7 Å². The van der Waals surface area contributed by atoms with Crippen molar-refractivity contribution in [3.63, 3.8) is 0 Å². The lowest BCUT2D eigenvalue weighted by molar-refractivity contribution is -0.383. The third-order valence-corrected chi connectivity index (χ3v) is 4.45. The third kappa shape index (κ3) is 3.64. The highest BCUT2D eigenvalue weighted by atomic mass is 35.5. The number of hydrogen-bond donors (Lipinski definition) is 1. The normalized spacial score (nSPS) is 10.6. The first kappa shape index (κ1) is 18.2. The summed E-state index contributed by atoms with van der Waals surface area (Å²) >= 11 is 12.1. The quantitative estimate of drug-likeness (QED) is 0.395. The van der Waals surface area contributed by atoms with Gasteiger partial charge in [-0.05, 0) is 48.9 Å². The van der Waals surface area contributed by atoms with Gasteiger partial charge in [0, 0.05) is 27.9 Å². The Kier molecular flexibility index (Phi) is 5.11. The average molecular weight is 391 g/mol. The minimum Gasteiger partial charge on any atom is -0.349 e. The van der Waals surface area contributed by atoms with Crippen LogP contribution in [0.1, 0.15) is 5.56 Å². The van der Waals surface area contributed by atoms with Crippen LogP contribution in [0, 0.1) is 22.9 Å². The second kappa shape index (κ2) is 7.32. The predicted molar refractivity (Wildman–Crippen MR) is 103 cm³/mol. The molecule has 0 bridgehead atoms. The largest absolute Gasteiger partial charge is 0.349 e. The van der Waals surface area contributed by atoms with Gasteiger partial charge >= 0.3 is 0 Å². The molecule has 3 rings (SSSR count). The number of anilines is 2. The third-order valence-electron chi connectivity index (χ3n) is 3.90. The number of nitrogens with one attached hydrogen (secondary N) is 1. The van der Waals surface area contributed by atoms with Crippen LogP contribution in [0.15, 0.2) is 54.6 Å². The molecule has 7 heteroatoms. The molecular formula is C19H13Cl2FN2O2. The summed E-state index contributed by atoms with van der Waals surface area (Å²) in [5, 5.41) is 14.9. The minimum absolute atomic E-state index is 0.143. The number of nitrogens with zero attached hydrogens (tertiary/aromatic N) is 1. The van der Waals surface area contributed by atoms with Gasteiger partial charge < -0.3 is 5.32 Å². The summed E-state index contributed by atoms with van der Waals surface area (Å²) in [6.07, 6.45) is 0. The Labute approximate surface area is 159 Å². The van der Waals surface area contributed by atoms with Crippen LogP contribution in [0.4, 0.5) is 21.5 Å². The molecule has 1 N–H and O–H groups in total. The zero-order valence-electron chi connectivity index (χ0n) is 13.6. The summed E-state index contributed by atoms with van der Waals surface area (Å²) < 4.78 is 13.4. The Morgan fingerprint density at radius 1 is 1.04 bits per heavy atom. The van der Waals surface area contributed by atoms with Crippen molar-refractivity contribution in [3.05, 3.63) is 86.1 Å². The molecule has 0 unspecified atom stereocenters. The van der Waals surface area contributed by atoms with E-state index in [0.717, 1.165) is 11.1 Å². The molecule has 0 heterocycles. The van der Waals surface area contributed by atoms with Crippen LogP contribution >= 0.6 is 23.2 Å². The average Bonchev–Trinajstić information content (AvgIpc) is 2.57. The van der Waals surface area contributed by atoms with Gasteiger partial charge in [0.1, 0.15) is 11.5 Å². The number of halogens is 3. The first-order chi connectivity index (χ1) is 12.4. The van der Waals surface area contributed by atoms with Crippen LogP contribution in [0.2, 0.25) is 10.0 Å². The molecule has 3 aromatic carbocycles. The zero-order chi connectivity index (χ0) is 18.8. The lowest BCUT2D eigenvalue weighted by atomic mass is 9.98. The van der Waals surface area contributed by atoms with E-state index in [4.69, 9.17) is 23.2 Å². The summed E-state index contributed by atoms with van der Waals surface area (Å²) in [4.78, 5) is 10.8. The molecule has 0 aliphatic rings. The lowest BCUT2D eigenvalue weighted by Crippen LogP contribution is -2.00. The van der Waals surface area contributed by atoms with Gasteiger partial charge in [-0.3, -0.25) is 10.1 Å². The topological polar surface area (TPSA) is 55.2 Å². The van der Waals surface area contributed by atoms with E-state index >= 15 is 0 Å². The number of rotatable bonds is 4. The fourth-order valence-electron chi connectivity index (χ4n) is 2.73. The molecule has 0 aliphatic carbocycles.